The smallest absolute Gasteiger partial charge is 0.251 e. The molecule has 0 fully saturated rings. The van der Waals surface area contributed by atoms with Crippen molar-refractivity contribution in [1.29, 1.82) is 0 Å². The van der Waals surface area contributed by atoms with Crippen LogP contribution in [0.15, 0.2) is 24.3 Å². The monoisotopic (exact) mass is 177 g/mol. The first-order chi connectivity index (χ1) is 6.33. The van der Waals surface area contributed by atoms with Crippen LogP contribution in [0.4, 0.5) is 0 Å². The molecule has 3 heteroatoms. The van der Waals surface area contributed by atoms with Crippen molar-refractivity contribution in [2.75, 3.05) is 7.11 Å². The molecule has 3 nitrogen and oxygen atoms in total. The maximum Gasteiger partial charge on any atom is 0.251 e. The first kappa shape index (κ1) is 8.26. The number of carbonyl (C=O) groups is 1. The van der Waals surface area contributed by atoms with Gasteiger partial charge in [0.15, 0.2) is 0 Å². The van der Waals surface area contributed by atoms with Crippen molar-refractivity contribution in [2.24, 2.45) is 0 Å². The van der Waals surface area contributed by atoms with Gasteiger partial charge in [-0.3, -0.25) is 9.63 Å². The highest BCUT2D eigenvalue weighted by molar-refractivity contribution is 5.85. The Morgan fingerprint density at radius 2 is 2.31 bits per heavy atom. The van der Waals surface area contributed by atoms with E-state index in [0.717, 1.165) is 12.0 Å². The van der Waals surface area contributed by atoms with Gasteiger partial charge in [-0.1, -0.05) is 24.3 Å². The lowest BCUT2D eigenvalue weighted by atomic mass is 9.77. The topological polar surface area (TPSA) is 38.3 Å². The molecule has 0 aliphatic heterocycles. The Morgan fingerprint density at radius 1 is 1.54 bits per heavy atom. The van der Waals surface area contributed by atoms with Crippen LogP contribution < -0.4 is 5.48 Å². The fourth-order valence-electron chi connectivity index (χ4n) is 1.66. The molecule has 1 aromatic carbocycles. The SMILES string of the molecule is CONC(=O)C1Cc2ccccc21. The van der Waals surface area contributed by atoms with Crippen LogP contribution in [0.3, 0.4) is 0 Å². The summed E-state index contributed by atoms with van der Waals surface area (Å²) in [6.07, 6.45) is 0.825. The molecule has 0 saturated carbocycles. The minimum absolute atomic E-state index is 0.0175. The summed E-state index contributed by atoms with van der Waals surface area (Å²) >= 11 is 0. The molecule has 2 rings (SSSR count). The summed E-state index contributed by atoms with van der Waals surface area (Å²) in [4.78, 5) is 15.9. The van der Waals surface area contributed by atoms with E-state index in [9.17, 15) is 4.79 Å². The van der Waals surface area contributed by atoms with Gasteiger partial charge in [0, 0.05) is 0 Å². The Balaban J connectivity index is 2.13. The normalized spacial score (nSPS) is 18.7. The van der Waals surface area contributed by atoms with Crippen LogP contribution in [0, 0.1) is 0 Å². The van der Waals surface area contributed by atoms with Gasteiger partial charge >= 0.3 is 0 Å². The number of carbonyl (C=O) groups excluding carboxylic acids is 1. The van der Waals surface area contributed by atoms with E-state index in [4.69, 9.17) is 0 Å². The number of fused-ring (bicyclic) bond motifs is 1. The summed E-state index contributed by atoms with van der Waals surface area (Å²) < 4.78 is 0. The minimum Gasteiger partial charge on any atom is -0.277 e. The van der Waals surface area contributed by atoms with Crippen molar-refractivity contribution >= 4 is 5.91 Å². The predicted octanol–water partition coefficient (Wildman–Crippen LogP) is 1.00. The number of nitrogens with one attached hydrogen (secondary N) is 1. The summed E-state index contributed by atoms with van der Waals surface area (Å²) in [5, 5.41) is 0. The molecular formula is C10H11NO2. The van der Waals surface area contributed by atoms with Gasteiger partial charge in [-0.25, -0.2) is 5.48 Å². The van der Waals surface area contributed by atoms with Crippen molar-refractivity contribution in [3.8, 4) is 0 Å². The van der Waals surface area contributed by atoms with E-state index in [0.29, 0.717) is 0 Å². The van der Waals surface area contributed by atoms with Gasteiger partial charge in [-0.05, 0) is 17.5 Å². The maximum absolute atomic E-state index is 11.4. The zero-order chi connectivity index (χ0) is 9.26. The third-order valence-electron chi connectivity index (χ3n) is 2.37. The summed E-state index contributed by atoms with van der Waals surface area (Å²) in [5.74, 6) is -0.0719. The van der Waals surface area contributed by atoms with Gasteiger partial charge in [0.05, 0.1) is 13.0 Å². The highest BCUT2D eigenvalue weighted by atomic mass is 16.6. The zero-order valence-corrected chi connectivity index (χ0v) is 7.41. The molecule has 0 radical (unpaired) electrons. The van der Waals surface area contributed by atoms with Crippen LogP contribution >= 0.6 is 0 Å². The van der Waals surface area contributed by atoms with Gasteiger partial charge in [0.2, 0.25) is 0 Å². The van der Waals surface area contributed by atoms with Crippen molar-refractivity contribution in [3.63, 3.8) is 0 Å². The number of rotatable bonds is 2. The van der Waals surface area contributed by atoms with E-state index in [2.05, 4.69) is 10.3 Å². The van der Waals surface area contributed by atoms with Gasteiger partial charge < -0.3 is 0 Å². The Hall–Kier alpha value is -1.35. The molecule has 0 aromatic heterocycles. The first-order valence-corrected chi connectivity index (χ1v) is 4.23. The summed E-state index contributed by atoms with van der Waals surface area (Å²) in [5.41, 5.74) is 4.73. The Kier molecular flexibility index (Phi) is 2.02. The lowest BCUT2D eigenvalue weighted by Gasteiger charge is -2.28. The summed E-state index contributed by atoms with van der Waals surface area (Å²) in [6.45, 7) is 0. The third kappa shape index (κ3) is 1.31. The van der Waals surface area contributed by atoms with Crippen LogP contribution in [0.2, 0.25) is 0 Å². The quantitative estimate of drug-likeness (QED) is 0.684. The van der Waals surface area contributed by atoms with E-state index < -0.39 is 0 Å². The molecule has 0 saturated heterocycles. The molecule has 0 heterocycles. The summed E-state index contributed by atoms with van der Waals surface area (Å²) in [7, 11) is 1.45. The highest BCUT2D eigenvalue weighted by Gasteiger charge is 2.31. The number of hydroxylamine groups is 1. The third-order valence-corrected chi connectivity index (χ3v) is 2.37. The molecule has 0 spiro atoms. The Morgan fingerprint density at radius 3 is 3.00 bits per heavy atom. The van der Waals surface area contributed by atoms with E-state index >= 15 is 0 Å². The van der Waals surface area contributed by atoms with Crippen molar-refractivity contribution in [2.45, 2.75) is 12.3 Å². The standard InChI is InChI=1S/C10H11NO2/c1-13-11-10(12)9-6-7-4-2-3-5-8(7)9/h2-5,9H,6H2,1H3,(H,11,12). The second-order valence-corrected chi connectivity index (χ2v) is 3.13. The van der Waals surface area contributed by atoms with Gasteiger partial charge in [0.25, 0.3) is 5.91 Å². The van der Waals surface area contributed by atoms with Crippen LogP contribution in [0.25, 0.3) is 0 Å². The molecule has 1 unspecified atom stereocenters. The molecular weight excluding hydrogens is 166 g/mol. The first-order valence-electron chi connectivity index (χ1n) is 4.23. The number of hydrogen-bond acceptors (Lipinski definition) is 2. The minimum atomic E-state index is -0.0544. The van der Waals surface area contributed by atoms with Gasteiger partial charge in [0.1, 0.15) is 0 Å². The fraction of sp³-hybridized carbons (Fsp3) is 0.300. The molecule has 1 aliphatic carbocycles. The molecule has 1 N–H and O–H groups in total. The average molecular weight is 177 g/mol. The molecule has 0 bridgehead atoms. The fourth-order valence-corrected chi connectivity index (χ4v) is 1.66. The van der Waals surface area contributed by atoms with Crippen LogP contribution in [-0.2, 0) is 16.1 Å². The lowest BCUT2D eigenvalue weighted by Crippen LogP contribution is -2.34. The van der Waals surface area contributed by atoms with E-state index in [-0.39, 0.29) is 11.8 Å². The number of benzene rings is 1. The largest absolute Gasteiger partial charge is 0.277 e. The maximum atomic E-state index is 11.4. The summed E-state index contributed by atoms with van der Waals surface area (Å²) in [6, 6.07) is 7.97. The molecule has 13 heavy (non-hydrogen) atoms. The van der Waals surface area contributed by atoms with E-state index in [1.165, 1.54) is 12.7 Å². The van der Waals surface area contributed by atoms with Crippen molar-refractivity contribution in [3.05, 3.63) is 35.4 Å². The molecule has 1 aromatic rings. The number of amides is 1. The van der Waals surface area contributed by atoms with Crippen molar-refractivity contribution in [1.82, 2.24) is 5.48 Å². The molecule has 68 valence electrons. The lowest BCUT2D eigenvalue weighted by molar-refractivity contribution is -0.133. The van der Waals surface area contributed by atoms with Gasteiger partial charge in [-0.2, -0.15) is 0 Å². The average Bonchev–Trinajstić information content (AvgIpc) is 2.07. The van der Waals surface area contributed by atoms with Crippen molar-refractivity contribution < 1.29 is 9.63 Å². The Labute approximate surface area is 76.7 Å². The highest BCUT2D eigenvalue weighted by Crippen LogP contribution is 2.34. The van der Waals surface area contributed by atoms with Crippen LogP contribution in [0.5, 0.6) is 0 Å². The van der Waals surface area contributed by atoms with Crippen LogP contribution in [-0.4, -0.2) is 13.0 Å². The van der Waals surface area contributed by atoms with E-state index in [1.807, 2.05) is 24.3 Å². The molecule has 1 atom stereocenters. The van der Waals surface area contributed by atoms with Gasteiger partial charge in [-0.15, -0.1) is 0 Å². The van der Waals surface area contributed by atoms with Crippen LogP contribution in [0.1, 0.15) is 17.0 Å². The zero-order valence-electron chi connectivity index (χ0n) is 7.41. The van der Waals surface area contributed by atoms with E-state index in [1.54, 1.807) is 0 Å². The Bertz CT molecular complexity index is 335. The predicted molar refractivity (Wildman–Crippen MR) is 48.0 cm³/mol. The molecule has 1 amide bonds. The number of hydrogen-bond donors (Lipinski definition) is 1. The second-order valence-electron chi connectivity index (χ2n) is 3.13. The molecule has 1 aliphatic rings. The second kappa shape index (κ2) is 3.18.